The molecule has 0 radical (unpaired) electrons. The maximum Gasteiger partial charge on any atom is 0.262 e. The zero-order chi connectivity index (χ0) is 20.6. The van der Waals surface area contributed by atoms with Gasteiger partial charge < -0.3 is 15.4 Å². The minimum Gasteiger partial charge on any atom is -0.483 e. The summed E-state index contributed by atoms with van der Waals surface area (Å²) in [5.74, 6) is -0.126. The topological polar surface area (TPSA) is 67.4 Å². The van der Waals surface area contributed by atoms with Gasteiger partial charge in [0.1, 0.15) is 11.6 Å². The molecule has 2 amide bonds. The van der Waals surface area contributed by atoms with Gasteiger partial charge in [0, 0.05) is 6.04 Å². The number of amides is 2. The first kappa shape index (κ1) is 20.8. The zero-order valence-electron chi connectivity index (χ0n) is 16.6. The third-order valence-electron chi connectivity index (χ3n) is 5.40. The third kappa shape index (κ3) is 5.79. The van der Waals surface area contributed by atoms with Gasteiger partial charge in [-0.25, -0.2) is 4.39 Å². The van der Waals surface area contributed by atoms with E-state index in [1.165, 1.54) is 18.6 Å². The van der Waals surface area contributed by atoms with Gasteiger partial charge in [0.05, 0.1) is 11.3 Å². The Kier molecular flexibility index (Phi) is 7.22. The molecule has 3 rings (SSSR count). The Morgan fingerprint density at radius 1 is 1.03 bits per heavy atom. The summed E-state index contributed by atoms with van der Waals surface area (Å²) in [4.78, 5) is 24.8. The normalized spacial score (nSPS) is 18.7. The lowest BCUT2D eigenvalue weighted by Gasteiger charge is -2.28. The number of carbonyl (C=O) groups is 2. The van der Waals surface area contributed by atoms with Gasteiger partial charge in [0.25, 0.3) is 11.8 Å². The summed E-state index contributed by atoms with van der Waals surface area (Å²) < 4.78 is 19.2. The number of rotatable bonds is 7. The van der Waals surface area contributed by atoms with Crippen molar-refractivity contribution >= 4 is 17.5 Å². The van der Waals surface area contributed by atoms with Gasteiger partial charge in [0.15, 0.2) is 6.61 Å². The van der Waals surface area contributed by atoms with Crippen molar-refractivity contribution in [2.45, 2.75) is 45.1 Å². The maximum atomic E-state index is 13.6. The summed E-state index contributed by atoms with van der Waals surface area (Å²) in [6.07, 6.45) is 5.43. The van der Waals surface area contributed by atoms with Crippen molar-refractivity contribution in [3.05, 3.63) is 59.9 Å². The summed E-state index contributed by atoms with van der Waals surface area (Å²) in [5.41, 5.74) is 0.485. The maximum absolute atomic E-state index is 13.6. The molecule has 5 nitrogen and oxygen atoms in total. The van der Waals surface area contributed by atoms with E-state index in [-0.39, 0.29) is 24.2 Å². The molecule has 154 valence electrons. The number of hydrogen-bond donors (Lipinski definition) is 2. The Hall–Kier alpha value is -2.89. The number of anilines is 1. The summed E-state index contributed by atoms with van der Waals surface area (Å²) in [5, 5.41) is 5.55. The lowest BCUT2D eigenvalue weighted by Crippen LogP contribution is -2.37. The first-order chi connectivity index (χ1) is 14.1. The highest BCUT2D eigenvalue weighted by molar-refractivity contribution is 5.97. The molecule has 29 heavy (non-hydrogen) atoms. The zero-order valence-corrected chi connectivity index (χ0v) is 16.6. The predicted molar refractivity (Wildman–Crippen MR) is 110 cm³/mol. The molecule has 1 aliphatic carbocycles. The Labute approximate surface area is 170 Å². The minimum absolute atomic E-state index is 0.0924. The van der Waals surface area contributed by atoms with E-state index in [1.54, 1.807) is 36.4 Å². The lowest BCUT2D eigenvalue weighted by atomic mass is 9.84. The van der Waals surface area contributed by atoms with Crippen molar-refractivity contribution < 1.29 is 18.7 Å². The van der Waals surface area contributed by atoms with Gasteiger partial charge in [-0.1, -0.05) is 37.6 Å². The van der Waals surface area contributed by atoms with Gasteiger partial charge in [-0.05, 0) is 55.9 Å². The highest BCUT2D eigenvalue weighted by Crippen LogP contribution is 2.27. The predicted octanol–water partition coefficient (Wildman–Crippen LogP) is 4.54. The van der Waals surface area contributed by atoms with Crippen LogP contribution in [0.5, 0.6) is 5.75 Å². The highest BCUT2D eigenvalue weighted by Gasteiger charge is 2.23. The van der Waals surface area contributed by atoms with Crippen molar-refractivity contribution in [1.29, 1.82) is 0 Å². The van der Waals surface area contributed by atoms with Crippen LogP contribution in [0.4, 0.5) is 10.1 Å². The molecule has 0 spiro atoms. The van der Waals surface area contributed by atoms with E-state index in [2.05, 4.69) is 17.6 Å². The Balaban J connectivity index is 1.56. The fourth-order valence-electron chi connectivity index (χ4n) is 3.65. The molecule has 1 aliphatic rings. The molecule has 0 saturated heterocycles. The molecule has 0 heterocycles. The second kappa shape index (κ2) is 10.0. The molecule has 0 atom stereocenters. The van der Waals surface area contributed by atoms with Crippen molar-refractivity contribution in [2.24, 2.45) is 5.92 Å². The second-order valence-electron chi connectivity index (χ2n) is 7.41. The van der Waals surface area contributed by atoms with Crippen molar-refractivity contribution in [3.63, 3.8) is 0 Å². The van der Waals surface area contributed by atoms with E-state index in [1.807, 2.05) is 0 Å². The van der Waals surface area contributed by atoms with Crippen LogP contribution in [0.15, 0.2) is 48.5 Å². The molecule has 0 unspecified atom stereocenters. The second-order valence-corrected chi connectivity index (χ2v) is 7.41. The molecular weight excluding hydrogens is 371 g/mol. The average Bonchev–Trinajstić information content (AvgIpc) is 2.74. The van der Waals surface area contributed by atoms with Gasteiger partial charge >= 0.3 is 0 Å². The van der Waals surface area contributed by atoms with Gasteiger partial charge in [-0.15, -0.1) is 0 Å². The van der Waals surface area contributed by atoms with Crippen LogP contribution in [-0.4, -0.2) is 24.5 Å². The Bertz CT molecular complexity index is 848. The van der Waals surface area contributed by atoms with Gasteiger partial charge in [-0.3, -0.25) is 9.59 Å². The standard InChI is InChI=1S/C23H27FN2O3/c1-2-16-11-13-17(14-12-16)25-23(28)18-7-3-6-10-21(18)29-15-22(27)26-20-9-5-4-8-19(20)24/h3-10,16-17H,2,11-15H2,1H3,(H,25,28)(H,26,27). The van der Waals surface area contributed by atoms with Crippen LogP contribution in [0.3, 0.4) is 0 Å². The number of benzene rings is 2. The van der Waals surface area contributed by atoms with Crippen LogP contribution in [-0.2, 0) is 4.79 Å². The van der Waals surface area contributed by atoms with Crippen LogP contribution in [0, 0.1) is 11.7 Å². The quantitative estimate of drug-likeness (QED) is 0.719. The van der Waals surface area contributed by atoms with Crippen LogP contribution in [0.2, 0.25) is 0 Å². The van der Waals surface area contributed by atoms with Gasteiger partial charge in [-0.2, -0.15) is 0 Å². The fourth-order valence-corrected chi connectivity index (χ4v) is 3.65. The fraction of sp³-hybridized carbons (Fsp3) is 0.391. The number of ether oxygens (including phenoxy) is 1. The van der Waals surface area contributed by atoms with Crippen molar-refractivity contribution in [3.8, 4) is 5.75 Å². The van der Waals surface area contributed by atoms with E-state index in [4.69, 9.17) is 4.74 Å². The van der Waals surface area contributed by atoms with Crippen LogP contribution < -0.4 is 15.4 Å². The third-order valence-corrected chi connectivity index (χ3v) is 5.40. The first-order valence-electron chi connectivity index (χ1n) is 10.1. The minimum atomic E-state index is -0.515. The molecule has 1 fully saturated rings. The van der Waals surface area contributed by atoms with E-state index < -0.39 is 11.7 Å². The largest absolute Gasteiger partial charge is 0.483 e. The SMILES string of the molecule is CCC1CCC(NC(=O)c2ccccc2OCC(=O)Nc2ccccc2F)CC1. The molecule has 2 N–H and O–H groups in total. The van der Waals surface area contributed by atoms with E-state index in [0.29, 0.717) is 11.3 Å². The summed E-state index contributed by atoms with van der Waals surface area (Å²) in [7, 11) is 0. The molecule has 0 aromatic heterocycles. The van der Waals surface area contributed by atoms with Crippen LogP contribution >= 0.6 is 0 Å². The molecule has 6 heteroatoms. The molecule has 2 aromatic carbocycles. The summed E-state index contributed by atoms with van der Waals surface area (Å²) in [6.45, 7) is 1.89. The molecule has 0 bridgehead atoms. The molecular formula is C23H27FN2O3. The number of hydrogen-bond acceptors (Lipinski definition) is 3. The number of halogens is 1. The molecule has 0 aliphatic heterocycles. The van der Waals surface area contributed by atoms with Gasteiger partial charge in [0.2, 0.25) is 0 Å². The number of carbonyl (C=O) groups excluding carboxylic acids is 2. The van der Waals surface area contributed by atoms with Crippen molar-refractivity contribution in [1.82, 2.24) is 5.32 Å². The van der Waals surface area contributed by atoms with E-state index in [0.717, 1.165) is 31.6 Å². The van der Waals surface area contributed by atoms with E-state index >= 15 is 0 Å². The van der Waals surface area contributed by atoms with Crippen molar-refractivity contribution in [2.75, 3.05) is 11.9 Å². The summed E-state index contributed by atoms with van der Waals surface area (Å²) in [6, 6.07) is 12.9. The van der Waals surface area contributed by atoms with Crippen LogP contribution in [0.1, 0.15) is 49.4 Å². The summed E-state index contributed by atoms with van der Waals surface area (Å²) >= 11 is 0. The first-order valence-corrected chi connectivity index (χ1v) is 10.1. The van der Waals surface area contributed by atoms with E-state index in [9.17, 15) is 14.0 Å². The number of para-hydroxylation sites is 2. The molecule has 2 aromatic rings. The average molecular weight is 398 g/mol. The monoisotopic (exact) mass is 398 g/mol. The smallest absolute Gasteiger partial charge is 0.262 e. The Morgan fingerprint density at radius 3 is 2.45 bits per heavy atom. The Morgan fingerprint density at radius 2 is 1.72 bits per heavy atom. The van der Waals surface area contributed by atoms with Crippen LogP contribution in [0.25, 0.3) is 0 Å². The highest BCUT2D eigenvalue weighted by atomic mass is 19.1. The lowest BCUT2D eigenvalue weighted by molar-refractivity contribution is -0.118. The molecule has 1 saturated carbocycles. The number of nitrogens with one attached hydrogen (secondary N) is 2.